The van der Waals surface area contributed by atoms with Gasteiger partial charge in [-0.05, 0) is 19.9 Å². The monoisotopic (exact) mass is 116 g/mol. The summed E-state index contributed by atoms with van der Waals surface area (Å²) in [7, 11) is 1.83. The van der Waals surface area contributed by atoms with Gasteiger partial charge in [-0.2, -0.15) is 0 Å². The van der Waals surface area contributed by atoms with Gasteiger partial charge < -0.3 is 4.74 Å². The number of nitrogens with one attached hydrogen (secondary N) is 2. The maximum absolute atomic E-state index is 5.22. The minimum atomic E-state index is 0.552. The molecule has 48 valence electrons. The van der Waals surface area contributed by atoms with Gasteiger partial charge in [0.2, 0.25) is 0 Å². The van der Waals surface area contributed by atoms with E-state index in [1.165, 1.54) is 12.8 Å². The van der Waals surface area contributed by atoms with E-state index in [0.29, 0.717) is 12.8 Å². The minimum Gasteiger partial charge on any atom is -0.362 e. The van der Waals surface area contributed by atoms with Gasteiger partial charge in [0.15, 0.2) is 0 Å². The Bertz CT molecular complexity index is 63.4. The summed E-state index contributed by atoms with van der Waals surface area (Å²) in [6.45, 7) is 0.626. The molecule has 1 fully saturated rings. The Hall–Kier alpha value is -0.120. The Balaban J connectivity index is 1.74. The molecule has 0 atom stereocenters. The first-order valence-electron chi connectivity index (χ1n) is 2.94. The number of hydrazine groups is 1. The van der Waals surface area contributed by atoms with Crippen molar-refractivity contribution in [2.75, 3.05) is 13.8 Å². The fraction of sp³-hybridized carbons (Fsp3) is 1.00. The van der Waals surface area contributed by atoms with E-state index in [9.17, 15) is 0 Å². The molecule has 0 aromatic heterocycles. The van der Waals surface area contributed by atoms with Crippen LogP contribution in [-0.2, 0) is 4.74 Å². The lowest BCUT2D eigenvalue weighted by atomic mass is 10.8. The zero-order valence-corrected chi connectivity index (χ0v) is 5.11. The lowest BCUT2D eigenvalue weighted by Gasteiger charge is -2.00. The summed E-state index contributed by atoms with van der Waals surface area (Å²) in [6, 6.07) is 0. The predicted octanol–water partition coefficient (Wildman–Crippen LogP) is -0.153. The summed E-state index contributed by atoms with van der Waals surface area (Å²) in [5, 5.41) is 0. The quantitative estimate of drug-likeness (QED) is 0.304. The van der Waals surface area contributed by atoms with E-state index in [0.717, 1.165) is 0 Å². The molecule has 0 aromatic carbocycles. The molecule has 0 bridgehead atoms. The number of hydrogen-bond donors (Lipinski definition) is 2. The molecule has 1 rings (SSSR count). The molecule has 3 heteroatoms. The Morgan fingerprint density at radius 3 is 2.88 bits per heavy atom. The number of ether oxygens (including phenoxy) is 1. The summed E-state index contributed by atoms with van der Waals surface area (Å²) in [5.74, 6) is 0. The third kappa shape index (κ3) is 2.26. The second kappa shape index (κ2) is 3.02. The van der Waals surface area contributed by atoms with Crippen LogP contribution in [0.2, 0.25) is 0 Å². The highest BCUT2D eigenvalue weighted by molar-refractivity contribution is 4.72. The molecular weight excluding hydrogens is 104 g/mol. The van der Waals surface area contributed by atoms with Crippen LogP contribution in [0, 0.1) is 0 Å². The van der Waals surface area contributed by atoms with Crippen molar-refractivity contribution in [2.45, 2.75) is 18.9 Å². The first-order chi connectivity index (χ1) is 3.93. The predicted molar refractivity (Wildman–Crippen MR) is 31.2 cm³/mol. The average molecular weight is 116 g/mol. The van der Waals surface area contributed by atoms with Gasteiger partial charge in [0.05, 0.1) is 6.10 Å². The minimum absolute atomic E-state index is 0.552. The van der Waals surface area contributed by atoms with Crippen molar-refractivity contribution in [3.63, 3.8) is 0 Å². The van der Waals surface area contributed by atoms with Crippen LogP contribution in [0.15, 0.2) is 0 Å². The average Bonchev–Trinajstić information content (AvgIpc) is 2.51. The molecule has 1 aliphatic rings. The molecule has 1 aliphatic carbocycles. The molecule has 3 nitrogen and oxygen atoms in total. The molecule has 2 N–H and O–H groups in total. The van der Waals surface area contributed by atoms with Crippen LogP contribution in [0.4, 0.5) is 0 Å². The topological polar surface area (TPSA) is 33.3 Å². The standard InChI is InChI=1S/C5H12N2O/c1-6-7-4-8-5-2-3-5/h5-7H,2-4H2,1H3. The van der Waals surface area contributed by atoms with E-state index in [-0.39, 0.29) is 0 Å². The molecule has 1 saturated carbocycles. The first kappa shape index (κ1) is 6.01. The van der Waals surface area contributed by atoms with Gasteiger partial charge in [-0.1, -0.05) is 0 Å². The van der Waals surface area contributed by atoms with Crippen molar-refractivity contribution >= 4 is 0 Å². The highest BCUT2D eigenvalue weighted by Gasteiger charge is 2.21. The lowest BCUT2D eigenvalue weighted by molar-refractivity contribution is 0.0950. The molecular formula is C5H12N2O. The van der Waals surface area contributed by atoms with Crippen LogP contribution in [0.5, 0.6) is 0 Å². The molecule has 0 spiro atoms. The number of rotatable bonds is 4. The SMILES string of the molecule is CNNCOC1CC1. The molecule has 0 heterocycles. The Kier molecular flexibility index (Phi) is 2.27. The van der Waals surface area contributed by atoms with Gasteiger partial charge in [0.1, 0.15) is 6.73 Å². The summed E-state index contributed by atoms with van der Waals surface area (Å²) >= 11 is 0. The summed E-state index contributed by atoms with van der Waals surface area (Å²) in [5.41, 5.74) is 5.62. The van der Waals surface area contributed by atoms with Crippen LogP contribution in [0.3, 0.4) is 0 Å². The largest absolute Gasteiger partial charge is 0.362 e. The molecule has 0 unspecified atom stereocenters. The van der Waals surface area contributed by atoms with Crippen molar-refractivity contribution in [2.24, 2.45) is 0 Å². The van der Waals surface area contributed by atoms with Crippen LogP contribution < -0.4 is 10.9 Å². The molecule has 0 aromatic rings. The van der Waals surface area contributed by atoms with Crippen LogP contribution in [-0.4, -0.2) is 19.9 Å². The van der Waals surface area contributed by atoms with Crippen LogP contribution in [0.1, 0.15) is 12.8 Å². The molecule has 0 aliphatic heterocycles. The van der Waals surface area contributed by atoms with E-state index in [2.05, 4.69) is 10.9 Å². The normalized spacial score (nSPS) is 19.1. The first-order valence-corrected chi connectivity index (χ1v) is 2.94. The zero-order chi connectivity index (χ0) is 5.82. The highest BCUT2D eigenvalue weighted by Crippen LogP contribution is 2.22. The van der Waals surface area contributed by atoms with Gasteiger partial charge in [-0.25, -0.2) is 5.43 Å². The highest BCUT2D eigenvalue weighted by atomic mass is 16.5. The van der Waals surface area contributed by atoms with E-state index in [1.807, 2.05) is 7.05 Å². The van der Waals surface area contributed by atoms with E-state index >= 15 is 0 Å². The molecule has 0 radical (unpaired) electrons. The summed E-state index contributed by atoms with van der Waals surface area (Å²) in [4.78, 5) is 0. The van der Waals surface area contributed by atoms with Crippen molar-refractivity contribution in [1.82, 2.24) is 10.9 Å². The van der Waals surface area contributed by atoms with E-state index in [1.54, 1.807) is 0 Å². The Morgan fingerprint density at radius 2 is 2.38 bits per heavy atom. The summed E-state index contributed by atoms with van der Waals surface area (Å²) < 4.78 is 5.22. The van der Waals surface area contributed by atoms with Crippen molar-refractivity contribution < 1.29 is 4.74 Å². The molecule has 8 heavy (non-hydrogen) atoms. The van der Waals surface area contributed by atoms with Gasteiger partial charge in [-0.15, -0.1) is 0 Å². The van der Waals surface area contributed by atoms with E-state index < -0.39 is 0 Å². The fourth-order valence-corrected chi connectivity index (χ4v) is 0.466. The Labute approximate surface area is 49.4 Å². The van der Waals surface area contributed by atoms with Gasteiger partial charge >= 0.3 is 0 Å². The zero-order valence-electron chi connectivity index (χ0n) is 5.11. The van der Waals surface area contributed by atoms with Crippen LogP contribution >= 0.6 is 0 Å². The smallest absolute Gasteiger partial charge is 0.109 e. The van der Waals surface area contributed by atoms with Gasteiger partial charge in [-0.3, -0.25) is 5.43 Å². The van der Waals surface area contributed by atoms with Crippen molar-refractivity contribution in [1.29, 1.82) is 0 Å². The summed E-state index contributed by atoms with van der Waals surface area (Å²) in [6.07, 6.45) is 3.03. The maximum Gasteiger partial charge on any atom is 0.109 e. The molecule has 0 amide bonds. The molecule has 0 saturated heterocycles. The second-order valence-electron chi connectivity index (χ2n) is 1.94. The number of hydrogen-bond acceptors (Lipinski definition) is 3. The fourth-order valence-electron chi connectivity index (χ4n) is 0.466. The van der Waals surface area contributed by atoms with E-state index in [4.69, 9.17) is 4.74 Å². The van der Waals surface area contributed by atoms with Gasteiger partial charge in [0, 0.05) is 0 Å². The van der Waals surface area contributed by atoms with Crippen molar-refractivity contribution in [3.8, 4) is 0 Å². The van der Waals surface area contributed by atoms with Crippen LogP contribution in [0.25, 0.3) is 0 Å². The lowest BCUT2D eigenvalue weighted by Crippen LogP contribution is -2.30. The third-order valence-electron chi connectivity index (χ3n) is 1.09. The van der Waals surface area contributed by atoms with Gasteiger partial charge in [0.25, 0.3) is 0 Å². The maximum atomic E-state index is 5.22. The van der Waals surface area contributed by atoms with Crippen molar-refractivity contribution in [3.05, 3.63) is 0 Å². The Morgan fingerprint density at radius 1 is 1.62 bits per heavy atom. The third-order valence-corrected chi connectivity index (χ3v) is 1.09. The second-order valence-corrected chi connectivity index (χ2v) is 1.94.